The Morgan fingerprint density at radius 1 is 1.44 bits per heavy atom. The third kappa shape index (κ3) is 2.97. The highest BCUT2D eigenvalue weighted by Crippen LogP contribution is 2.26. The summed E-state index contributed by atoms with van der Waals surface area (Å²) in [7, 11) is 0. The summed E-state index contributed by atoms with van der Waals surface area (Å²) in [5.41, 5.74) is 2.80. The monoisotopic (exact) mass is 268 g/mol. The van der Waals surface area contributed by atoms with Gasteiger partial charge in [-0.1, -0.05) is 12.1 Å². The lowest BCUT2D eigenvalue weighted by Gasteiger charge is -2.31. The first-order chi connectivity index (χ1) is 8.31. The molecule has 0 spiro atoms. The molecule has 1 aromatic carbocycles. The van der Waals surface area contributed by atoms with Crippen molar-refractivity contribution in [1.29, 1.82) is 0 Å². The third-order valence-electron chi connectivity index (χ3n) is 3.61. The first kappa shape index (κ1) is 13.7. The van der Waals surface area contributed by atoms with Crippen LogP contribution in [0.2, 0.25) is 0 Å². The minimum absolute atomic E-state index is 0. The molecular weight excluding hydrogens is 248 g/mol. The van der Waals surface area contributed by atoms with E-state index >= 15 is 0 Å². The van der Waals surface area contributed by atoms with Crippen molar-refractivity contribution in [2.75, 3.05) is 26.2 Å². The van der Waals surface area contributed by atoms with Gasteiger partial charge in [-0.15, -0.1) is 12.4 Å². The number of ether oxygens (including phenoxy) is 1. The maximum absolute atomic E-state index is 5.54. The highest BCUT2D eigenvalue weighted by atomic mass is 35.5. The molecule has 3 nitrogen and oxygen atoms in total. The molecule has 2 heterocycles. The number of nitrogens with zero attached hydrogens (tertiary/aromatic N) is 1. The summed E-state index contributed by atoms with van der Waals surface area (Å²) in [6, 6.07) is 7.26. The maximum atomic E-state index is 5.54. The molecule has 0 radical (unpaired) electrons. The summed E-state index contributed by atoms with van der Waals surface area (Å²) in [5, 5.41) is 3.48. The first-order valence-electron chi connectivity index (χ1n) is 6.51. The number of halogens is 1. The Labute approximate surface area is 115 Å². The predicted molar refractivity (Wildman–Crippen MR) is 75.6 cm³/mol. The zero-order valence-electron chi connectivity index (χ0n) is 10.8. The van der Waals surface area contributed by atoms with Gasteiger partial charge in [-0.25, -0.2) is 0 Å². The fourth-order valence-corrected chi connectivity index (χ4v) is 2.75. The summed E-state index contributed by atoms with van der Waals surface area (Å²) in [4.78, 5) is 2.53. The van der Waals surface area contributed by atoms with Gasteiger partial charge in [0.15, 0.2) is 0 Å². The lowest BCUT2D eigenvalue weighted by molar-refractivity contribution is 0.199. The van der Waals surface area contributed by atoms with E-state index in [1.165, 1.54) is 11.1 Å². The average molecular weight is 269 g/mol. The van der Waals surface area contributed by atoms with E-state index in [1.54, 1.807) is 0 Å². The minimum atomic E-state index is 0. The standard InChI is InChI=1S/C14H20N2O.ClH/c1-11-9-16(6-5-15-11)10-12-2-3-14-13(8-12)4-7-17-14;/h2-3,8,11,15H,4-7,9-10H2,1H3;1H/t11-;/m1./s1. The van der Waals surface area contributed by atoms with Gasteiger partial charge in [-0.3, -0.25) is 4.90 Å². The number of piperazine rings is 1. The number of nitrogens with one attached hydrogen (secondary N) is 1. The molecule has 1 fully saturated rings. The molecule has 0 bridgehead atoms. The molecule has 4 heteroatoms. The van der Waals surface area contributed by atoms with Gasteiger partial charge in [0, 0.05) is 38.6 Å². The van der Waals surface area contributed by atoms with Gasteiger partial charge >= 0.3 is 0 Å². The highest BCUT2D eigenvalue weighted by Gasteiger charge is 2.17. The van der Waals surface area contributed by atoms with Crippen molar-refractivity contribution in [2.24, 2.45) is 0 Å². The van der Waals surface area contributed by atoms with Crippen LogP contribution in [0, 0.1) is 0 Å². The van der Waals surface area contributed by atoms with Gasteiger partial charge in [-0.05, 0) is 24.1 Å². The Morgan fingerprint density at radius 3 is 3.17 bits per heavy atom. The molecule has 1 atom stereocenters. The molecule has 100 valence electrons. The Kier molecular flexibility index (Phi) is 4.49. The molecule has 1 saturated heterocycles. The number of benzene rings is 1. The zero-order chi connectivity index (χ0) is 11.7. The number of rotatable bonds is 2. The van der Waals surface area contributed by atoms with Gasteiger partial charge in [-0.2, -0.15) is 0 Å². The topological polar surface area (TPSA) is 24.5 Å². The molecule has 0 aliphatic carbocycles. The van der Waals surface area contributed by atoms with E-state index in [9.17, 15) is 0 Å². The second-order valence-electron chi connectivity index (χ2n) is 5.13. The van der Waals surface area contributed by atoms with Crippen molar-refractivity contribution >= 4 is 12.4 Å². The summed E-state index contributed by atoms with van der Waals surface area (Å²) in [6.07, 6.45) is 1.07. The van der Waals surface area contributed by atoms with Crippen molar-refractivity contribution < 1.29 is 4.74 Å². The second kappa shape index (κ2) is 5.91. The Balaban J connectivity index is 0.00000120. The van der Waals surface area contributed by atoms with Gasteiger partial charge in [0.25, 0.3) is 0 Å². The van der Waals surface area contributed by atoms with Crippen LogP contribution in [-0.2, 0) is 13.0 Å². The van der Waals surface area contributed by atoms with E-state index in [4.69, 9.17) is 4.74 Å². The van der Waals surface area contributed by atoms with E-state index in [0.29, 0.717) is 6.04 Å². The molecular formula is C14H21ClN2O. The minimum Gasteiger partial charge on any atom is -0.493 e. The SMILES string of the molecule is C[C@@H]1CN(Cc2ccc3c(c2)CCO3)CCN1.Cl. The molecule has 1 aromatic rings. The Bertz CT molecular complexity index is 411. The molecule has 0 saturated carbocycles. The van der Waals surface area contributed by atoms with E-state index in [1.807, 2.05) is 0 Å². The van der Waals surface area contributed by atoms with Gasteiger partial charge in [0.05, 0.1) is 6.61 Å². The van der Waals surface area contributed by atoms with Gasteiger partial charge in [0.1, 0.15) is 5.75 Å². The van der Waals surface area contributed by atoms with Crippen LogP contribution in [0.1, 0.15) is 18.1 Å². The van der Waals surface area contributed by atoms with Crippen molar-refractivity contribution in [3.8, 4) is 5.75 Å². The van der Waals surface area contributed by atoms with Crippen LogP contribution < -0.4 is 10.1 Å². The normalized spacial score (nSPS) is 23.1. The molecule has 3 rings (SSSR count). The number of hydrogen-bond donors (Lipinski definition) is 1. The van der Waals surface area contributed by atoms with Gasteiger partial charge < -0.3 is 10.1 Å². The average Bonchev–Trinajstić information content (AvgIpc) is 2.76. The second-order valence-corrected chi connectivity index (χ2v) is 5.13. The fourth-order valence-electron chi connectivity index (χ4n) is 2.75. The van der Waals surface area contributed by atoms with Crippen LogP contribution in [0.3, 0.4) is 0 Å². The molecule has 2 aliphatic rings. The third-order valence-corrected chi connectivity index (χ3v) is 3.61. The van der Waals surface area contributed by atoms with Gasteiger partial charge in [0.2, 0.25) is 0 Å². The Hall–Kier alpha value is -0.770. The molecule has 0 aromatic heterocycles. The van der Waals surface area contributed by atoms with Crippen LogP contribution in [0.4, 0.5) is 0 Å². The van der Waals surface area contributed by atoms with Crippen LogP contribution in [0.5, 0.6) is 5.75 Å². The zero-order valence-corrected chi connectivity index (χ0v) is 11.6. The predicted octanol–water partition coefficient (Wildman–Crippen LogP) is 1.84. The summed E-state index contributed by atoms with van der Waals surface area (Å²) in [5.74, 6) is 1.09. The molecule has 0 amide bonds. The molecule has 1 N–H and O–H groups in total. The van der Waals surface area contributed by atoms with E-state index in [0.717, 1.165) is 45.0 Å². The van der Waals surface area contributed by atoms with Crippen molar-refractivity contribution in [2.45, 2.75) is 25.9 Å². The lowest BCUT2D eigenvalue weighted by atomic mass is 10.1. The number of fused-ring (bicyclic) bond motifs is 1. The Morgan fingerprint density at radius 2 is 2.33 bits per heavy atom. The fraction of sp³-hybridized carbons (Fsp3) is 0.571. The van der Waals surface area contributed by atoms with Crippen molar-refractivity contribution in [3.63, 3.8) is 0 Å². The first-order valence-corrected chi connectivity index (χ1v) is 6.51. The molecule has 0 unspecified atom stereocenters. The highest BCUT2D eigenvalue weighted by molar-refractivity contribution is 5.85. The maximum Gasteiger partial charge on any atom is 0.122 e. The van der Waals surface area contributed by atoms with E-state index in [2.05, 4.69) is 35.3 Å². The van der Waals surface area contributed by atoms with Crippen LogP contribution in [-0.4, -0.2) is 37.2 Å². The lowest BCUT2D eigenvalue weighted by Crippen LogP contribution is -2.48. The summed E-state index contributed by atoms with van der Waals surface area (Å²) in [6.45, 7) is 7.58. The van der Waals surface area contributed by atoms with E-state index < -0.39 is 0 Å². The van der Waals surface area contributed by atoms with Crippen LogP contribution >= 0.6 is 12.4 Å². The van der Waals surface area contributed by atoms with Crippen molar-refractivity contribution in [1.82, 2.24) is 10.2 Å². The number of hydrogen-bond acceptors (Lipinski definition) is 3. The summed E-state index contributed by atoms with van der Waals surface area (Å²) >= 11 is 0. The summed E-state index contributed by atoms with van der Waals surface area (Å²) < 4.78 is 5.54. The van der Waals surface area contributed by atoms with Crippen LogP contribution in [0.15, 0.2) is 18.2 Å². The van der Waals surface area contributed by atoms with E-state index in [-0.39, 0.29) is 12.4 Å². The quantitative estimate of drug-likeness (QED) is 0.886. The largest absolute Gasteiger partial charge is 0.493 e. The molecule has 18 heavy (non-hydrogen) atoms. The molecule has 2 aliphatic heterocycles. The van der Waals surface area contributed by atoms with Crippen molar-refractivity contribution in [3.05, 3.63) is 29.3 Å². The smallest absolute Gasteiger partial charge is 0.122 e. The van der Waals surface area contributed by atoms with Crippen LogP contribution in [0.25, 0.3) is 0 Å².